The van der Waals surface area contributed by atoms with Gasteiger partial charge in [-0.1, -0.05) is 67.7 Å². The number of benzene rings is 2. The van der Waals surface area contributed by atoms with Gasteiger partial charge < -0.3 is 4.90 Å². The lowest BCUT2D eigenvalue weighted by atomic mass is 9.84. The molecule has 1 heterocycles. The zero-order valence-corrected chi connectivity index (χ0v) is 11.1. The highest BCUT2D eigenvalue weighted by Crippen LogP contribution is 2.43. The minimum atomic E-state index is 0.376. The van der Waals surface area contributed by atoms with Crippen molar-refractivity contribution in [2.45, 2.75) is 13.0 Å². The molecule has 1 fully saturated rings. The maximum atomic E-state index is 5.51. The lowest BCUT2D eigenvalue weighted by molar-refractivity contribution is 0.513. The average Bonchev–Trinajstić information content (AvgIpc) is 2.45. The van der Waals surface area contributed by atoms with Crippen LogP contribution in [0.15, 0.2) is 60.7 Å². The Morgan fingerprint density at radius 1 is 0.889 bits per heavy atom. The van der Waals surface area contributed by atoms with Gasteiger partial charge in [-0.3, -0.25) is 0 Å². The molecule has 2 aromatic carbocycles. The molecule has 0 aromatic heterocycles. The Morgan fingerprint density at radius 2 is 1.44 bits per heavy atom. The maximum Gasteiger partial charge on any atom is 0.0882 e. The number of nitrogens with zero attached hydrogens (tertiary/aromatic N) is 1. The first-order valence-electron chi connectivity index (χ1n) is 6.22. The summed E-state index contributed by atoms with van der Waals surface area (Å²) in [6, 6.07) is 21.4. The van der Waals surface area contributed by atoms with Gasteiger partial charge in [0.25, 0.3) is 0 Å². The highest BCUT2D eigenvalue weighted by atomic mass is 32.1. The predicted octanol–water partition coefficient (Wildman–Crippen LogP) is 4.21. The summed E-state index contributed by atoms with van der Waals surface area (Å²) in [6.07, 6.45) is 0. The summed E-state index contributed by atoms with van der Waals surface area (Å²) >= 11 is 5.51. The smallest absolute Gasteiger partial charge is 0.0882 e. The third-order valence-corrected chi connectivity index (χ3v) is 4.12. The molecule has 0 saturated carbocycles. The molecular formula is C16H15NS. The van der Waals surface area contributed by atoms with Crippen molar-refractivity contribution in [3.63, 3.8) is 0 Å². The molecule has 2 atom stereocenters. The molecule has 0 radical (unpaired) electrons. The van der Waals surface area contributed by atoms with Crippen molar-refractivity contribution in [2.24, 2.45) is 5.92 Å². The van der Waals surface area contributed by atoms with Gasteiger partial charge in [-0.25, -0.2) is 0 Å². The largest absolute Gasteiger partial charge is 0.327 e. The van der Waals surface area contributed by atoms with E-state index in [1.54, 1.807) is 0 Å². The third-order valence-electron chi connectivity index (χ3n) is 3.55. The van der Waals surface area contributed by atoms with Gasteiger partial charge in [0.05, 0.1) is 11.0 Å². The number of rotatable bonds is 2. The lowest BCUT2D eigenvalue weighted by Crippen LogP contribution is -2.52. The maximum absolute atomic E-state index is 5.51. The summed E-state index contributed by atoms with van der Waals surface area (Å²) in [5, 5.41) is 0. The first kappa shape index (κ1) is 11.4. The van der Waals surface area contributed by atoms with Gasteiger partial charge >= 0.3 is 0 Å². The van der Waals surface area contributed by atoms with Crippen molar-refractivity contribution < 1.29 is 0 Å². The quantitative estimate of drug-likeness (QED) is 0.737. The van der Waals surface area contributed by atoms with Gasteiger partial charge in [0, 0.05) is 11.6 Å². The van der Waals surface area contributed by atoms with Crippen LogP contribution in [0.3, 0.4) is 0 Å². The lowest BCUT2D eigenvalue weighted by Gasteiger charge is -2.49. The van der Waals surface area contributed by atoms with Gasteiger partial charge in [-0.15, -0.1) is 0 Å². The van der Waals surface area contributed by atoms with Crippen LogP contribution in [0, 0.1) is 5.92 Å². The molecule has 2 aromatic rings. The first-order valence-corrected chi connectivity index (χ1v) is 6.63. The van der Waals surface area contributed by atoms with Crippen molar-refractivity contribution in [3.8, 4) is 0 Å². The Labute approximate surface area is 113 Å². The number of anilines is 1. The molecule has 1 saturated heterocycles. The number of para-hydroxylation sites is 1. The molecule has 0 spiro atoms. The Balaban J connectivity index is 1.97. The van der Waals surface area contributed by atoms with Crippen LogP contribution in [0.4, 0.5) is 5.69 Å². The highest BCUT2D eigenvalue weighted by molar-refractivity contribution is 7.80. The van der Waals surface area contributed by atoms with Crippen LogP contribution in [-0.2, 0) is 0 Å². The van der Waals surface area contributed by atoms with Gasteiger partial charge in [-0.2, -0.15) is 0 Å². The van der Waals surface area contributed by atoms with E-state index < -0.39 is 0 Å². The fraction of sp³-hybridized carbons (Fsp3) is 0.188. The van der Waals surface area contributed by atoms with Crippen molar-refractivity contribution in [1.82, 2.24) is 0 Å². The Bertz CT molecular complexity index is 550. The van der Waals surface area contributed by atoms with E-state index in [0.29, 0.717) is 12.0 Å². The molecule has 18 heavy (non-hydrogen) atoms. The van der Waals surface area contributed by atoms with Crippen molar-refractivity contribution in [2.75, 3.05) is 4.90 Å². The van der Waals surface area contributed by atoms with E-state index in [2.05, 4.69) is 66.4 Å². The Hall–Kier alpha value is -1.67. The zero-order valence-electron chi connectivity index (χ0n) is 10.3. The minimum Gasteiger partial charge on any atom is -0.327 e. The number of thiocarbonyl (C=S) groups is 1. The normalized spacial score (nSPS) is 22.7. The van der Waals surface area contributed by atoms with Gasteiger partial charge in [0.15, 0.2) is 0 Å². The fourth-order valence-electron chi connectivity index (χ4n) is 2.60. The second-order valence-electron chi connectivity index (χ2n) is 4.69. The first-order chi connectivity index (χ1) is 8.79. The molecule has 1 aliphatic rings. The second-order valence-corrected chi connectivity index (χ2v) is 5.11. The summed E-state index contributed by atoms with van der Waals surface area (Å²) in [6.45, 7) is 2.21. The summed E-state index contributed by atoms with van der Waals surface area (Å²) in [5.74, 6) is 0.433. The van der Waals surface area contributed by atoms with E-state index in [0.717, 1.165) is 4.99 Å². The average molecular weight is 253 g/mol. The molecule has 0 aliphatic carbocycles. The van der Waals surface area contributed by atoms with E-state index in [1.165, 1.54) is 11.3 Å². The van der Waals surface area contributed by atoms with Crippen LogP contribution in [0.1, 0.15) is 18.5 Å². The fourth-order valence-corrected chi connectivity index (χ4v) is 2.95. The number of hydrogen-bond acceptors (Lipinski definition) is 1. The predicted molar refractivity (Wildman–Crippen MR) is 79.9 cm³/mol. The van der Waals surface area contributed by atoms with E-state index in [-0.39, 0.29) is 0 Å². The van der Waals surface area contributed by atoms with Crippen molar-refractivity contribution in [3.05, 3.63) is 66.2 Å². The molecule has 2 heteroatoms. The summed E-state index contributed by atoms with van der Waals surface area (Å²) in [5.41, 5.74) is 2.52. The SMILES string of the molecule is CC1C(=S)N(c2ccccc2)C1c1ccccc1. The molecule has 0 bridgehead atoms. The standard InChI is InChI=1S/C16H15NS/c1-12-15(13-8-4-2-5-9-13)17(16(12)18)14-10-6-3-7-11-14/h2-12,15H,1H3. The van der Waals surface area contributed by atoms with Crippen LogP contribution >= 0.6 is 12.2 Å². The zero-order chi connectivity index (χ0) is 12.5. The molecule has 3 rings (SSSR count). The number of hydrogen-bond donors (Lipinski definition) is 0. The van der Waals surface area contributed by atoms with Gasteiger partial charge in [-0.05, 0) is 17.7 Å². The second kappa shape index (κ2) is 4.54. The highest BCUT2D eigenvalue weighted by Gasteiger charge is 2.42. The van der Waals surface area contributed by atoms with E-state index >= 15 is 0 Å². The molecule has 0 amide bonds. The van der Waals surface area contributed by atoms with E-state index in [4.69, 9.17) is 12.2 Å². The van der Waals surface area contributed by atoms with Crippen LogP contribution in [0.25, 0.3) is 0 Å². The van der Waals surface area contributed by atoms with E-state index in [9.17, 15) is 0 Å². The molecule has 1 aliphatic heterocycles. The molecule has 1 nitrogen and oxygen atoms in total. The van der Waals surface area contributed by atoms with Crippen molar-refractivity contribution in [1.29, 1.82) is 0 Å². The Kier molecular flexibility index (Phi) is 2.88. The minimum absolute atomic E-state index is 0.376. The summed E-state index contributed by atoms with van der Waals surface area (Å²) in [4.78, 5) is 3.30. The van der Waals surface area contributed by atoms with Crippen molar-refractivity contribution >= 4 is 22.9 Å². The summed E-state index contributed by atoms with van der Waals surface area (Å²) < 4.78 is 0. The topological polar surface area (TPSA) is 3.24 Å². The Morgan fingerprint density at radius 3 is 2.06 bits per heavy atom. The third kappa shape index (κ3) is 1.73. The van der Waals surface area contributed by atoms with Crippen LogP contribution in [-0.4, -0.2) is 4.99 Å². The molecule has 0 N–H and O–H groups in total. The monoisotopic (exact) mass is 253 g/mol. The van der Waals surface area contributed by atoms with Gasteiger partial charge in [0.2, 0.25) is 0 Å². The summed E-state index contributed by atoms with van der Waals surface area (Å²) in [7, 11) is 0. The van der Waals surface area contributed by atoms with Gasteiger partial charge in [0.1, 0.15) is 0 Å². The molecule has 90 valence electrons. The van der Waals surface area contributed by atoms with Crippen LogP contribution < -0.4 is 4.90 Å². The van der Waals surface area contributed by atoms with Crippen LogP contribution in [0.5, 0.6) is 0 Å². The van der Waals surface area contributed by atoms with E-state index in [1.807, 2.05) is 6.07 Å². The molecular weight excluding hydrogens is 238 g/mol. The molecule has 2 unspecified atom stereocenters. The van der Waals surface area contributed by atoms with Crippen LogP contribution in [0.2, 0.25) is 0 Å².